The number of rotatable bonds is 8. The maximum atomic E-state index is 13.2. The van der Waals surface area contributed by atoms with Gasteiger partial charge in [-0.3, -0.25) is 14.5 Å². The van der Waals surface area contributed by atoms with Crippen LogP contribution in [0.15, 0.2) is 63.8 Å². The van der Waals surface area contributed by atoms with Crippen LogP contribution in [-0.2, 0) is 0 Å². The van der Waals surface area contributed by atoms with E-state index in [4.69, 9.17) is 9.15 Å². The highest BCUT2D eigenvalue weighted by molar-refractivity contribution is 6.04. The number of carbonyl (C=O) groups excluding carboxylic acids is 1. The van der Waals surface area contributed by atoms with Gasteiger partial charge in [0, 0.05) is 44.2 Å². The molecule has 0 spiro atoms. The summed E-state index contributed by atoms with van der Waals surface area (Å²) in [5.41, 5.74) is 2.65. The van der Waals surface area contributed by atoms with Crippen molar-refractivity contribution in [2.24, 2.45) is 11.8 Å². The van der Waals surface area contributed by atoms with Crippen LogP contribution in [0, 0.1) is 18.8 Å². The first-order valence-corrected chi connectivity index (χ1v) is 14.2. The molecule has 3 unspecified atom stereocenters. The van der Waals surface area contributed by atoms with Crippen LogP contribution in [0.5, 0.6) is 5.75 Å². The Balaban J connectivity index is 0.00000323. The maximum Gasteiger partial charge on any atom is 0.255 e. The lowest BCUT2D eigenvalue weighted by Gasteiger charge is -2.36. The minimum Gasteiger partial charge on any atom is -0.495 e. The number of nitrogens with one attached hydrogen (secondary N) is 1. The highest BCUT2D eigenvalue weighted by Gasteiger charge is 2.39. The number of hydrogen-bond acceptors (Lipinski definition) is 6. The molecular formula is C32H38ClN3O4. The number of piperazine rings is 1. The van der Waals surface area contributed by atoms with Crippen molar-refractivity contribution in [3.63, 3.8) is 0 Å². The number of allylic oxidation sites excluding steroid dienone is 2. The van der Waals surface area contributed by atoms with Gasteiger partial charge in [0.1, 0.15) is 11.5 Å². The van der Waals surface area contributed by atoms with Crippen LogP contribution in [0.1, 0.15) is 46.9 Å². The summed E-state index contributed by atoms with van der Waals surface area (Å²) in [4.78, 5) is 31.3. The van der Waals surface area contributed by atoms with Crippen molar-refractivity contribution in [1.82, 2.24) is 10.2 Å². The van der Waals surface area contributed by atoms with E-state index in [2.05, 4.69) is 33.3 Å². The number of amides is 1. The summed E-state index contributed by atoms with van der Waals surface area (Å²) < 4.78 is 11.9. The van der Waals surface area contributed by atoms with E-state index in [9.17, 15) is 9.59 Å². The first-order valence-electron chi connectivity index (χ1n) is 14.2. The molecule has 40 heavy (non-hydrogen) atoms. The number of halogens is 1. The summed E-state index contributed by atoms with van der Waals surface area (Å²) in [5, 5.41) is 3.55. The minimum absolute atomic E-state index is 0. The second-order valence-electron chi connectivity index (χ2n) is 11.1. The molecule has 7 nitrogen and oxygen atoms in total. The van der Waals surface area contributed by atoms with Crippen molar-refractivity contribution in [2.45, 2.75) is 32.1 Å². The van der Waals surface area contributed by atoms with Gasteiger partial charge in [0.2, 0.25) is 0 Å². The molecule has 2 bridgehead atoms. The molecule has 3 aromatic rings. The van der Waals surface area contributed by atoms with E-state index in [0.717, 1.165) is 69.2 Å². The Morgan fingerprint density at radius 3 is 2.58 bits per heavy atom. The molecule has 1 saturated carbocycles. The van der Waals surface area contributed by atoms with E-state index in [1.165, 1.54) is 0 Å². The Labute approximate surface area is 241 Å². The number of ether oxygens (including phenoxy) is 1. The molecule has 2 aromatic carbocycles. The van der Waals surface area contributed by atoms with Crippen LogP contribution >= 0.6 is 12.4 Å². The number of fused-ring (bicyclic) bond motifs is 3. The van der Waals surface area contributed by atoms with E-state index in [0.29, 0.717) is 40.5 Å². The van der Waals surface area contributed by atoms with E-state index in [1.54, 1.807) is 25.3 Å². The van der Waals surface area contributed by atoms with Gasteiger partial charge in [0.05, 0.1) is 23.7 Å². The molecule has 1 amide bonds. The number of nitrogens with zero attached hydrogens (tertiary/aromatic N) is 2. The molecule has 212 valence electrons. The predicted molar refractivity (Wildman–Crippen MR) is 161 cm³/mol. The molecule has 2 fully saturated rings. The van der Waals surface area contributed by atoms with E-state index >= 15 is 0 Å². The van der Waals surface area contributed by atoms with Crippen LogP contribution in [0.25, 0.3) is 11.0 Å². The SMILES string of the molecule is COc1ccccc1N1CCN(CCCNC(=O)c2cccc3c(=O)c(C)c(C4CC5C=CC4C5)oc23)CC1.Cl. The van der Waals surface area contributed by atoms with E-state index in [1.807, 2.05) is 25.1 Å². The Bertz CT molecular complexity index is 1460. The third-order valence-corrected chi connectivity index (χ3v) is 8.78. The second kappa shape index (κ2) is 12.1. The summed E-state index contributed by atoms with van der Waals surface area (Å²) >= 11 is 0. The molecule has 1 N–H and O–H groups in total. The van der Waals surface area contributed by atoms with Crippen LogP contribution < -0.4 is 20.4 Å². The number of hydrogen-bond donors (Lipinski definition) is 1. The third kappa shape index (κ3) is 5.37. The van der Waals surface area contributed by atoms with Crippen molar-refractivity contribution in [3.8, 4) is 5.75 Å². The first kappa shape index (κ1) is 28.2. The molecule has 8 heteroatoms. The van der Waals surface area contributed by atoms with Crippen LogP contribution in [-0.4, -0.2) is 57.2 Å². The van der Waals surface area contributed by atoms with Gasteiger partial charge in [0.15, 0.2) is 11.0 Å². The largest absolute Gasteiger partial charge is 0.495 e. The molecule has 1 aromatic heterocycles. The quantitative estimate of drug-likeness (QED) is 0.302. The molecule has 3 atom stereocenters. The Hall–Kier alpha value is -3.29. The first-order chi connectivity index (χ1) is 19.0. The number of benzene rings is 2. The fraction of sp³-hybridized carbons (Fsp3) is 0.438. The number of carbonyl (C=O) groups is 1. The molecule has 3 aliphatic rings. The zero-order valence-electron chi connectivity index (χ0n) is 23.2. The number of para-hydroxylation sites is 3. The van der Waals surface area contributed by atoms with Crippen LogP contribution in [0.3, 0.4) is 0 Å². The standard InChI is InChI=1S/C32H37N3O4.ClH/c1-21-29(36)24-7-5-8-25(31(24)39-30(21)26-20-22-11-12-23(26)19-22)32(37)33-13-6-14-34-15-17-35(18-16-34)27-9-3-4-10-28(27)38-2;/h3-5,7-12,22-23,26H,6,13-20H2,1-2H3,(H,33,37);1H. The Morgan fingerprint density at radius 1 is 1.05 bits per heavy atom. The number of anilines is 1. The van der Waals surface area contributed by atoms with Crippen molar-refractivity contribution in [1.29, 1.82) is 0 Å². The lowest BCUT2D eigenvalue weighted by Crippen LogP contribution is -2.47. The number of methoxy groups -OCH3 is 1. The summed E-state index contributed by atoms with van der Waals surface area (Å²) in [5.74, 6) is 2.70. The van der Waals surface area contributed by atoms with Crippen molar-refractivity contribution in [2.75, 3.05) is 51.3 Å². The zero-order valence-corrected chi connectivity index (χ0v) is 24.0. The fourth-order valence-electron chi connectivity index (χ4n) is 6.64. The Morgan fingerprint density at radius 2 is 1.85 bits per heavy atom. The van der Waals surface area contributed by atoms with E-state index < -0.39 is 0 Å². The maximum absolute atomic E-state index is 13.2. The molecule has 2 heterocycles. The molecule has 2 aliphatic carbocycles. The monoisotopic (exact) mass is 563 g/mol. The van der Waals surface area contributed by atoms with Gasteiger partial charge in [-0.15, -0.1) is 12.4 Å². The zero-order chi connectivity index (χ0) is 26.9. The lowest BCUT2D eigenvalue weighted by atomic mass is 9.88. The van der Waals surface area contributed by atoms with Gasteiger partial charge in [-0.2, -0.15) is 0 Å². The molecule has 0 radical (unpaired) electrons. The average molecular weight is 564 g/mol. The van der Waals surface area contributed by atoms with Crippen LogP contribution in [0.2, 0.25) is 0 Å². The highest BCUT2D eigenvalue weighted by Crippen LogP contribution is 2.49. The van der Waals surface area contributed by atoms with Gasteiger partial charge < -0.3 is 19.4 Å². The second-order valence-corrected chi connectivity index (χ2v) is 11.1. The third-order valence-electron chi connectivity index (χ3n) is 8.78. The Kier molecular flexibility index (Phi) is 8.52. The summed E-state index contributed by atoms with van der Waals surface area (Å²) in [6.45, 7) is 7.19. The normalized spacial score (nSPS) is 21.9. The molecule has 1 saturated heterocycles. The van der Waals surface area contributed by atoms with Gasteiger partial charge in [-0.25, -0.2) is 0 Å². The lowest BCUT2D eigenvalue weighted by molar-refractivity contribution is 0.0952. The summed E-state index contributed by atoms with van der Waals surface area (Å²) in [6.07, 6.45) is 7.55. The predicted octanol–water partition coefficient (Wildman–Crippen LogP) is 5.15. The van der Waals surface area contributed by atoms with Crippen molar-refractivity contribution < 1.29 is 13.9 Å². The van der Waals surface area contributed by atoms with Gasteiger partial charge >= 0.3 is 0 Å². The average Bonchev–Trinajstić information content (AvgIpc) is 3.61. The molecule has 6 rings (SSSR count). The smallest absolute Gasteiger partial charge is 0.255 e. The molecule has 1 aliphatic heterocycles. The fourth-order valence-corrected chi connectivity index (χ4v) is 6.64. The van der Waals surface area contributed by atoms with Gasteiger partial charge in [-0.05, 0) is 68.8 Å². The minimum atomic E-state index is -0.188. The van der Waals surface area contributed by atoms with E-state index in [-0.39, 0.29) is 29.7 Å². The van der Waals surface area contributed by atoms with Gasteiger partial charge in [-0.1, -0.05) is 30.4 Å². The highest BCUT2D eigenvalue weighted by atomic mass is 35.5. The summed E-state index contributed by atoms with van der Waals surface area (Å²) in [6, 6.07) is 13.5. The molecular weight excluding hydrogens is 526 g/mol. The van der Waals surface area contributed by atoms with Gasteiger partial charge in [0.25, 0.3) is 5.91 Å². The van der Waals surface area contributed by atoms with Crippen molar-refractivity contribution in [3.05, 3.63) is 81.7 Å². The topological polar surface area (TPSA) is 75.0 Å². The van der Waals surface area contributed by atoms with Crippen molar-refractivity contribution >= 4 is 35.0 Å². The summed E-state index contributed by atoms with van der Waals surface area (Å²) in [7, 11) is 1.71. The van der Waals surface area contributed by atoms with Crippen LogP contribution in [0.4, 0.5) is 5.69 Å².